The fraction of sp³-hybridized carbons (Fsp3) is 0.684. The van der Waals surface area contributed by atoms with Crippen molar-refractivity contribution in [2.24, 2.45) is 5.41 Å². The van der Waals surface area contributed by atoms with Gasteiger partial charge in [-0.15, -0.1) is 0 Å². The second-order valence-corrected chi connectivity index (χ2v) is 9.73. The van der Waals surface area contributed by atoms with Crippen molar-refractivity contribution >= 4 is 17.4 Å². The number of carbonyl (C=O) groups is 1. The summed E-state index contributed by atoms with van der Waals surface area (Å²) in [5.41, 5.74) is 2.09. The molecule has 0 spiro atoms. The number of H-pyrrole nitrogens is 1. The van der Waals surface area contributed by atoms with Crippen molar-refractivity contribution < 1.29 is 4.79 Å². The zero-order chi connectivity index (χ0) is 19.2. The standard InChI is InChI=1S/C19H33N5O/c1-17(2,3)11-19(7,8)23-15-13(18(4,5)6)22-14-12(16(25)20-9)10-21-24(14)15/h10,21,23H,11H2,1-9H3,(H,20,25). The molecule has 2 aromatic rings. The number of aromatic amines is 1. The molecule has 140 valence electrons. The molecule has 0 radical (unpaired) electrons. The van der Waals surface area contributed by atoms with E-state index in [2.05, 4.69) is 71.1 Å². The van der Waals surface area contributed by atoms with E-state index < -0.39 is 0 Å². The minimum Gasteiger partial charge on any atom is -0.364 e. The third-order valence-corrected chi connectivity index (χ3v) is 4.07. The predicted octanol–water partition coefficient (Wildman–Crippen LogP) is 3.95. The summed E-state index contributed by atoms with van der Waals surface area (Å²) in [6, 6.07) is 0. The lowest BCUT2D eigenvalue weighted by Gasteiger charge is -2.34. The molecule has 6 nitrogen and oxygen atoms in total. The van der Waals surface area contributed by atoms with Gasteiger partial charge in [-0.25, -0.2) is 9.50 Å². The molecule has 25 heavy (non-hydrogen) atoms. The Kier molecular flexibility index (Phi) is 4.70. The summed E-state index contributed by atoms with van der Waals surface area (Å²) < 4.78 is 1.88. The van der Waals surface area contributed by atoms with Gasteiger partial charge in [0.15, 0.2) is 11.5 Å². The number of aromatic nitrogens is 3. The van der Waals surface area contributed by atoms with Crippen LogP contribution >= 0.6 is 0 Å². The van der Waals surface area contributed by atoms with E-state index >= 15 is 0 Å². The molecule has 0 aliphatic rings. The highest BCUT2D eigenvalue weighted by Gasteiger charge is 2.32. The molecular weight excluding hydrogens is 314 g/mol. The van der Waals surface area contributed by atoms with Crippen molar-refractivity contribution in [2.45, 2.75) is 72.8 Å². The number of amides is 1. The number of hydrogen-bond acceptors (Lipinski definition) is 3. The average Bonchev–Trinajstić information content (AvgIpc) is 2.94. The molecule has 0 bridgehead atoms. The Morgan fingerprint density at radius 1 is 1.16 bits per heavy atom. The topological polar surface area (TPSA) is 74.2 Å². The van der Waals surface area contributed by atoms with E-state index in [9.17, 15) is 4.79 Å². The van der Waals surface area contributed by atoms with Crippen molar-refractivity contribution in [1.82, 2.24) is 19.9 Å². The largest absolute Gasteiger partial charge is 0.364 e. The first kappa shape index (κ1) is 19.3. The van der Waals surface area contributed by atoms with Crippen molar-refractivity contribution in [1.29, 1.82) is 0 Å². The van der Waals surface area contributed by atoms with Crippen molar-refractivity contribution in [3.8, 4) is 0 Å². The average molecular weight is 348 g/mol. The van der Waals surface area contributed by atoms with Crippen LogP contribution in [-0.4, -0.2) is 33.1 Å². The van der Waals surface area contributed by atoms with Gasteiger partial charge in [-0.2, -0.15) is 0 Å². The van der Waals surface area contributed by atoms with E-state index in [0.717, 1.165) is 17.9 Å². The smallest absolute Gasteiger partial charge is 0.256 e. The molecular formula is C19H33N5O. The molecule has 3 N–H and O–H groups in total. The molecule has 0 saturated carbocycles. The van der Waals surface area contributed by atoms with Crippen LogP contribution in [0.5, 0.6) is 0 Å². The highest BCUT2D eigenvalue weighted by molar-refractivity contribution is 6.00. The third-order valence-electron chi connectivity index (χ3n) is 4.07. The quantitative estimate of drug-likeness (QED) is 0.784. The van der Waals surface area contributed by atoms with E-state index in [1.54, 1.807) is 13.2 Å². The number of carbonyl (C=O) groups excluding carboxylic acids is 1. The van der Waals surface area contributed by atoms with E-state index in [1.165, 1.54) is 0 Å². The lowest BCUT2D eigenvalue weighted by atomic mass is 9.81. The lowest BCUT2D eigenvalue weighted by Crippen LogP contribution is -2.36. The maximum absolute atomic E-state index is 12.1. The Morgan fingerprint density at radius 3 is 2.24 bits per heavy atom. The zero-order valence-corrected chi connectivity index (χ0v) is 17.1. The molecule has 0 aliphatic heterocycles. The zero-order valence-electron chi connectivity index (χ0n) is 17.1. The van der Waals surface area contributed by atoms with E-state index in [4.69, 9.17) is 4.98 Å². The Balaban J connectivity index is 2.57. The molecule has 0 aliphatic carbocycles. The van der Waals surface area contributed by atoms with Gasteiger partial charge < -0.3 is 10.6 Å². The molecule has 0 atom stereocenters. The fourth-order valence-electron chi connectivity index (χ4n) is 3.55. The molecule has 0 fully saturated rings. The van der Waals surface area contributed by atoms with Crippen molar-refractivity contribution in [3.05, 3.63) is 17.5 Å². The summed E-state index contributed by atoms with van der Waals surface area (Å²) >= 11 is 0. The van der Waals surface area contributed by atoms with Gasteiger partial charge in [0, 0.05) is 24.2 Å². The van der Waals surface area contributed by atoms with Crippen LogP contribution in [0.3, 0.4) is 0 Å². The van der Waals surface area contributed by atoms with Gasteiger partial charge in [-0.3, -0.25) is 9.89 Å². The fourth-order valence-corrected chi connectivity index (χ4v) is 3.55. The van der Waals surface area contributed by atoms with Crippen molar-refractivity contribution in [3.63, 3.8) is 0 Å². The second-order valence-electron chi connectivity index (χ2n) is 9.73. The number of hydrogen-bond donors (Lipinski definition) is 3. The van der Waals surface area contributed by atoms with Crippen LogP contribution in [0.2, 0.25) is 0 Å². The van der Waals surface area contributed by atoms with Gasteiger partial charge in [0.05, 0.1) is 5.69 Å². The number of rotatable bonds is 4. The normalized spacial score (nSPS) is 13.3. The van der Waals surface area contributed by atoms with Crippen molar-refractivity contribution in [2.75, 3.05) is 12.4 Å². The van der Waals surface area contributed by atoms with Gasteiger partial charge in [-0.05, 0) is 25.7 Å². The van der Waals surface area contributed by atoms with E-state index in [-0.39, 0.29) is 22.3 Å². The SMILES string of the molecule is CNC(=O)c1c[nH]n2c(NC(C)(C)CC(C)(C)C)c(C(C)(C)C)nc12. The van der Waals surface area contributed by atoms with Crippen LogP contribution < -0.4 is 10.6 Å². The third kappa shape index (κ3) is 4.17. The molecule has 0 saturated heterocycles. The number of fused-ring (bicyclic) bond motifs is 1. The second kappa shape index (κ2) is 6.07. The summed E-state index contributed by atoms with van der Waals surface area (Å²) in [7, 11) is 1.63. The first-order valence-corrected chi connectivity index (χ1v) is 8.86. The Hall–Kier alpha value is -1.98. The van der Waals surface area contributed by atoms with Crippen LogP contribution in [0.15, 0.2) is 6.20 Å². The maximum atomic E-state index is 12.1. The van der Waals surface area contributed by atoms with Crippen LogP contribution in [0.1, 0.15) is 77.9 Å². The van der Waals surface area contributed by atoms with Gasteiger partial charge in [0.25, 0.3) is 5.91 Å². The van der Waals surface area contributed by atoms with Crippen LogP contribution in [0, 0.1) is 5.41 Å². The number of nitrogens with one attached hydrogen (secondary N) is 3. The van der Waals surface area contributed by atoms with E-state index in [0.29, 0.717) is 11.2 Å². The molecule has 1 amide bonds. The molecule has 6 heteroatoms. The molecule has 0 unspecified atom stereocenters. The summed E-state index contributed by atoms with van der Waals surface area (Å²) in [5, 5.41) is 9.54. The minimum atomic E-state index is -0.146. The molecule has 2 heterocycles. The van der Waals surface area contributed by atoms with Gasteiger partial charge >= 0.3 is 0 Å². The highest BCUT2D eigenvalue weighted by atomic mass is 16.1. The predicted molar refractivity (Wildman–Crippen MR) is 103 cm³/mol. The first-order chi connectivity index (χ1) is 11.2. The Morgan fingerprint density at radius 2 is 1.76 bits per heavy atom. The lowest BCUT2D eigenvalue weighted by molar-refractivity contribution is 0.0964. The number of imidazole rings is 1. The highest BCUT2D eigenvalue weighted by Crippen LogP contribution is 2.35. The maximum Gasteiger partial charge on any atom is 0.256 e. The minimum absolute atomic E-state index is 0.119. The van der Waals surface area contributed by atoms with Gasteiger partial charge in [0.2, 0.25) is 0 Å². The van der Waals surface area contributed by atoms with Crippen LogP contribution in [-0.2, 0) is 5.41 Å². The number of anilines is 1. The van der Waals surface area contributed by atoms with Crippen LogP contribution in [0.4, 0.5) is 5.82 Å². The van der Waals surface area contributed by atoms with Crippen LogP contribution in [0.25, 0.3) is 5.65 Å². The summed E-state index contributed by atoms with van der Waals surface area (Å²) in [6.07, 6.45) is 2.70. The van der Waals surface area contributed by atoms with E-state index in [1.807, 2.05) is 4.52 Å². The Bertz CT molecular complexity index is 768. The van der Waals surface area contributed by atoms with Gasteiger partial charge in [-0.1, -0.05) is 41.5 Å². The van der Waals surface area contributed by atoms with Gasteiger partial charge in [0.1, 0.15) is 5.56 Å². The molecule has 0 aromatic carbocycles. The molecule has 2 rings (SSSR count). The molecule has 2 aromatic heterocycles. The summed E-state index contributed by atoms with van der Waals surface area (Å²) in [5.74, 6) is 0.782. The summed E-state index contributed by atoms with van der Waals surface area (Å²) in [6.45, 7) is 17.5. The monoisotopic (exact) mass is 347 g/mol. The summed E-state index contributed by atoms with van der Waals surface area (Å²) in [4.78, 5) is 16.9. The first-order valence-electron chi connectivity index (χ1n) is 8.86. The number of nitrogens with zero attached hydrogens (tertiary/aromatic N) is 2. The Labute approximate surface area is 150 Å².